The third kappa shape index (κ3) is 13.6. The van der Waals surface area contributed by atoms with Crippen molar-refractivity contribution in [3.05, 3.63) is 0 Å². The van der Waals surface area contributed by atoms with Gasteiger partial charge in [0.1, 0.15) is 0 Å². The topological polar surface area (TPSA) is 138 Å². The summed E-state index contributed by atoms with van der Waals surface area (Å²) in [7, 11) is 0. The van der Waals surface area contributed by atoms with Gasteiger partial charge >= 0.3 is 0 Å². The lowest BCUT2D eigenvalue weighted by Crippen LogP contribution is -2.33. The van der Waals surface area contributed by atoms with E-state index >= 15 is 0 Å². The molecular weight excluding hydrogens is 304 g/mol. The minimum atomic E-state index is -0.281. The molecule has 0 spiro atoms. The van der Waals surface area contributed by atoms with Gasteiger partial charge in [0.15, 0.2) is 11.6 Å². The molecule has 24 heavy (non-hydrogen) atoms. The van der Waals surface area contributed by atoms with Crippen LogP contribution in [0.5, 0.6) is 0 Å². The van der Waals surface area contributed by atoms with Gasteiger partial charge in [-0.1, -0.05) is 40.5 Å². The summed E-state index contributed by atoms with van der Waals surface area (Å²) in [6, 6.07) is -0.562. The molecule has 0 rings (SSSR count). The second-order valence-corrected chi connectivity index (χ2v) is 6.90. The molecule has 0 aliphatic carbocycles. The van der Waals surface area contributed by atoms with Gasteiger partial charge < -0.3 is 22.9 Å². The van der Waals surface area contributed by atoms with E-state index in [2.05, 4.69) is 0 Å². The number of Topliss-reactive ketones (excluding diaryl/α,β-unsaturated/α-hetero) is 2. The van der Waals surface area contributed by atoms with E-state index in [1.165, 1.54) is 0 Å². The number of rotatable bonds is 12. The highest BCUT2D eigenvalue weighted by Crippen LogP contribution is 2.05. The fourth-order valence-corrected chi connectivity index (χ4v) is 2.16. The molecule has 0 fully saturated rings. The minimum Gasteiger partial charge on any atom is -0.330 e. The first-order chi connectivity index (χ1) is 11.2. The van der Waals surface area contributed by atoms with Crippen LogP contribution in [0, 0.1) is 11.8 Å². The van der Waals surface area contributed by atoms with Crippen LogP contribution in [0.15, 0.2) is 0 Å². The number of ketones is 2. The lowest BCUT2D eigenvalue weighted by Gasteiger charge is -2.12. The highest BCUT2D eigenvalue weighted by molar-refractivity contribution is 5.85. The number of carbonyl (C=O) groups is 2. The normalized spacial score (nSPS) is 13.4. The summed E-state index contributed by atoms with van der Waals surface area (Å²) in [5, 5.41) is 0. The molecule has 0 aliphatic rings. The van der Waals surface area contributed by atoms with Gasteiger partial charge in [0, 0.05) is 11.8 Å². The smallest absolute Gasteiger partial charge is 0.152 e. The Bertz CT molecular complexity index is 301. The molecule has 0 saturated carbocycles. The van der Waals surface area contributed by atoms with E-state index in [0.717, 1.165) is 38.5 Å². The largest absolute Gasteiger partial charge is 0.330 e. The highest BCUT2D eigenvalue weighted by Gasteiger charge is 2.16. The molecule has 0 aromatic carbocycles. The molecule has 6 heteroatoms. The molecule has 0 aromatic rings. The summed E-state index contributed by atoms with van der Waals surface area (Å²) in [5.74, 6) is 0.426. The van der Waals surface area contributed by atoms with E-state index in [9.17, 15) is 9.59 Å². The van der Waals surface area contributed by atoms with Crippen molar-refractivity contribution < 1.29 is 9.59 Å². The molecule has 0 saturated heterocycles. The van der Waals surface area contributed by atoms with Gasteiger partial charge in [0.25, 0.3) is 0 Å². The highest BCUT2D eigenvalue weighted by atomic mass is 16.1. The fourth-order valence-electron chi connectivity index (χ4n) is 2.16. The van der Waals surface area contributed by atoms with Crippen LogP contribution in [0.2, 0.25) is 0 Å². The van der Waals surface area contributed by atoms with Gasteiger partial charge in [0.05, 0.1) is 12.1 Å². The van der Waals surface area contributed by atoms with Crippen LogP contribution in [0.3, 0.4) is 0 Å². The van der Waals surface area contributed by atoms with E-state index < -0.39 is 0 Å². The van der Waals surface area contributed by atoms with Gasteiger partial charge in [-0.3, -0.25) is 9.59 Å². The molecule has 0 unspecified atom stereocenters. The molecule has 0 aliphatic heterocycles. The van der Waals surface area contributed by atoms with Crippen LogP contribution in [0.25, 0.3) is 0 Å². The number of nitrogens with two attached hydrogens (primary N) is 4. The Kier molecular flexibility index (Phi) is 16.6. The van der Waals surface area contributed by atoms with Crippen LogP contribution in [-0.4, -0.2) is 36.7 Å². The van der Waals surface area contributed by atoms with Crippen molar-refractivity contribution in [2.45, 2.75) is 78.3 Å². The van der Waals surface area contributed by atoms with Gasteiger partial charge in [0.2, 0.25) is 0 Å². The van der Waals surface area contributed by atoms with Crippen LogP contribution in [-0.2, 0) is 9.59 Å². The van der Waals surface area contributed by atoms with Crippen molar-refractivity contribution in [3.8, 4) is 0 Å². The molecule has 144 valence electrons. The van der Waals surface area contributed by atoms with E-state index in [-0.39, 0.29) is 35.5 Å². The Morgan fingerprint density at radius 1 is 0.667 bits per heavy atom. The van der Waals surface area contributed by atoms with Gasteiger partial charge in [-0.2, -0.15) is 0 Å². The summed E-state index contributed by atoms with van der Waals surface area (Å²) in [4.78, 5) is 22.6. The summed E-state index contributed by atoms with van der Waals surface area (Å²) in [6.45, 7) is 8.89. The van der Waals surface area contributed by atoms with Crippen LogP contribution < -0.4 is 22.9 Å². The van der Waals surface area contributed by atoms with Crippen molar-refractivity contribution in [1.82, 2.24) is 0 Å². The van der Waals surface area contributed by atoms with E-state index in [1.807, 2.05) is 27.7 Å². The third-order valence-electron chi connectivity index (χ3n) is 3.81. The number of hydrogen-bond acceptors (Lipinski definition) is 6. The molecule has 0 radical (unpaired) electrons. The van der Waals surface area contributed by atoms with Crippen LogP contribution in [0.4, 0.5) is 0 Å². The Hall–Kier alpha value is -0.820. The van der Waals surface area contributed by atoms with Gasteiger partial charge in [-0.25, -0.2) is 0 Å². The van der Waals surface area contributed by atoms with Crippen molar-refractivity contribution in [3.63, 3.8) is 0 Å². The number of unbranched alkanes of at least 4 members (excludes halogenated alkanes) is 2. The maximum atomic E-state index is 11.3. The second kappa shape index (κ2) is 15.7. The van der Waals surface area contributed by atoms with E-state index in [4.69, 9.17) is 22.9 Å². The standard InChI is InChI=1S/2C9H20N2O/c2*1-7(2)9(12)8(11)5-3-4-6-10/h2*7-8H,3-6,10-11H2,1-2H3/t2*8-/m10/s1. The molecule has 6 nitrogen and oxygen atoms in total. The summed E-state index contributed by atoms with van der Waals surface area (Å²) in [5.41, 5.74) is 22.0. The molecule has 0 amide bonds. The predicted octanol–water partition coefficient (Wildman–Crippen LogP) is 1.34. The second-order valence-electron chi connectivity index (χ2n) is 6.90. The predicted molar refractivity (Wildman–Crippen MR) is 101 cm³/mol. The first-order valence-electron chi connectivity index (χ1n) is 9.17. The Labute approximate surface area is 148 Å². The first kappa shape index (κ1) is 25.4. The quantitative estimate of drug-likeness (QED) is 0.394. The molecule has 2 atom stereocenters. The lowest BCUT2D eigenvalue weighted by atomic mass is 9.98. The van der Waals surface area contributed by atoms with E-state index in [0.29, 0.717) is 13.1 Å². The SMILES string of the molecule is CC(C)C(=O)[C@@H](N)CCCCN.CC(C)C(=O)[C@H](N)CCCCN. The number of hydrogen-bond donors (Lipinski definition) is 4. The Balaban J connectivity index is 0. The van der Waals surface area contributed by atoms with Crippen molar-refractivity contribution in [2.24, 2.45) is 34.8 Å². The average Bonchev–Trinajstić information content (AvgIpc) is 2.53. The zero-order chi connectivity index (χ0) is 19.1. The zero-order valence-corrected chi connectivity index (χ0v) is 16.1. The summed E-state index contributed by atoms with van der Waals surface area (Å²) >= 11 is 0. The molecule has 0 heterocycles. The molecule has 8 N–H and O–H groups in total. The first-order valence-corrected chi connectivity index (χ1v) is 9.17. The summed E-state index contributed by atoms with van der Waals surface area (Å²) in [6.07, 6.45) is 5.37. The van der Waals surface area contributed by atoms with Gasteiger partial charge in [-0.05, 0) is 38.8 Å². The maximum Gasteiger partial charge on any atom is 0.152 e. The minimum absolute atomic E-state index is 0.0536. The van der Waals surface area contributed by atoms with Crippen molar-refractivity contribution in [2.75, 3.05) is 13.1 Å². The zero-order valence-electron chi connectivity index (χ0n) is 16.1. The van der Waals surface area contributed by atoms with Crippen molar-refractivity contribution in [1.29, 1.82) is 0 Å². The molecular formula is C18H40N4O2. The van der Waals surface area contributed by atoms with Crippen LogP contribution >= 0.6 is 0 Å². The maximum absolute atomic E-state index is 11.3. The summed E-state index contributed by atoms with van der Waals surface area (Å²) < 4.78 is 0. The lowest BCUT2D eigenvalue weighted by molar-refractivity contribution is -0.124. The number of carbonyl (C=O) groups excluding carboxylic acids is 2. The fraction of sp³-hybridized carbons (Fsp3) is 0.889. The average molecular weight is 345 g/mol. The Morgan fingerprint density at radius 3 is 1.17 bits per heavy atom. The molecule has 0 bridgehead atoms. The van der Waals surface area contributed by atoms with Gasteiger partial charge in [-0.15, -0.1) is 0 Å². The van der Waals surface area contributed by atoms with E-state index in [1.54, 1.807) is 0 Å². The van der Waals surface area contributed by atoms with Crippen LogP contribution in [0.1, 0.15) is 66.2 Å². The molecule has 0 aromatic heterocycles. The monoisotopic (exact) mass is 344 g/mol. The Morgan fingerprint density at radius 2 is 0.958 bits per heavy atom. The third-order valence-corrected chi connectivity index (χ3v) is 3.81. The van der Waals surface area contributed by atoms with Crippen molar-refractivity contribution >= 4 is 11.6 Å².